The molecule has 1 aliphatic rings. The number of hydrogen-bond acceptors (Lipinski definition) is 8. The van der Waals surface area contributed by atoms with Crippen LogP contribution in [0.1, 0.15) is 58.9 Å². The van der Waals surface area contributed by atoms with Gasteiger partial charge in [0, 0.05) is 25.0 Å². The van der Waals surface area contributed by atoms with Gasteiger partial charge in [0.1, 0.15) is 0 Å². The number of sulfonamides is 2. The van der Waals surface area contributed by atoms with E-state index < -0.39 is 41.2 Å². The summed E-state index contributed by atoms with van der Waals surface area (Å²) in [7, 11) is -17.5. The lowest BCUT2D eigenvalue weighted by Crippen LogP contribution is -2.31. The van der Waals surface area contributed by atoms with Crippen molar-refractivity contribution in [2.24, 2.45) is 0 Å². The Morgan fingerprint density at radius 2 is 1.27 bits per heavy atom. The van der Waals surface area contributed by atoms with E-state index in [2.05, 4.69) is 56.8 Å². The molecule has 1 aromatic rings. The quantitative estimate of drug-likeness (QED) is 0.291. The van der Waals surface area contributed by atoms with Crippen molar-refractivity contribution in [2.45, 2.75) is 75.3 Å². The lowest BCUT2D eigenvalue weighted by atomic mass is 9.99. The van der Waals surface area contributed by atoms with Crippen LogP contribution >= 0.6 is 0 Å². The zero-order valence-electron chi connectivity index (χ0n) is 22.2. The van der Waals surface area contributed by atoms with Gasteiger partial charge in [0.15, 0.2) is 20.0 Å². The lowest BCUT2D eigenvalue weighted by Gasteiger charge is -2.25. The van der Waals surface area contributed by atoms with Crippen LogP contribution in [-0.4, -0.2) is 69.9 Å². The van der Waals surface area contributed by atoms with Gasteiger partial charge in [-0.2, -0.15) is 34.8 Å². The first kappa shape index (κ1) is 37.9. The fraction of sp³-hybridized carbons (Fsp3) is 0.619. The third-order valence-electron chi connectivity index (χ3n) is 5.52. The molecule has 0 bridgehead atoms. The Morgan fingerprint density at radius 1 is 0.825 bits per heavy atom. The molecule has 0 radical (unpaired) electrons. The SMILES string of the molecule is CCC(C)N1C=CN(CC)C1.CCC(C)c1ccc(S(=O)(=O)O)cc1.O=S(=O)([N-]S(=O)(=O)C(F)(F)F)C(F)(F)F. The van der Waals surface area contributed by atoms with E-state index in [0.29, 0.717) is 12.0 Å². The Bertz CT molecular complexity index is 1240. The van der Waals surface area contributed by atoms with Crippen molar-refractivity contribution in [1.29, 1.82) is 0 Å². The summed E-state index contributed by atoms with van der Waals surface area (Å²) in [6, 6.07) is 7.00. The predicted octanol–water partition coefficient (Wildman–Crippen LogP) is 5.36. The monoisotopic (exact) mass is 648 g/mol. The molecule has 234 valence electrons. The molecule has 19 heteroatoms. The smallest absolute Gasteiger partial charge is 0.421 e. The summed E-state index contributed by atoms with van der Waals surface area (Å²) in [6.07, 6.45) is 6.59. The van der Waals surface area contributed by atoms with Crippen molar-refractivity contribution in [1.82, 2.24) is 9.80 Å². The highest BCUT2D eigenvalue weighted by Gasteiger charge is 2.46. The largest absolute Gasteiger partial charge is 0.480 e. The first-order valence-electron chi connectivity index (χ1n) is 11.6. The zero-order chi connectivity index (χ0) is 31.7. The van der Waals surface area contributed by atoms with Gasteiger partial charge in [0.25, 0.3) is 10.1 Å². The summed E-state index contributed by atoms with van der Waals surface area (Å²) in [5.74, 6) is 0.408. The first-order valence-corrected chi connectivity index (χ1v) is 15.9. The Hall–Kier alpha value is -2.09. The molecular weight excluding hydrogens is 616 g/mol. The fourth-order valence-corrected chi connectivity index (χ4v) is 4.82. The maximum absolute atomic E-state index is 11.4. The normalized spacial score (nSPS) is 16.0. The van der Waals surface area contributed by atoms with Gasteiger partial charge in [-0.25, -0.2) is 16.8 Å². The molecule has 10 nitrogen and oxygen atoms in total. The number of halogens is 6. The third kappa shape index (κ3) is 11.8. The molecule has 2 rings (SSSR count). The van der Waals surface area contributed by atoms with Gasteiger partial charge >= 0.3 is 11.0 Å². The van der Waals surface area contributed by atoms with Crippen molar-refractivity contribution < 1.29 is 56.1 Å². The highest BCUT2D eigenvalue weighted by atomic mass is 32.3. The average Bonchev–Trinajstić information content (AvgIpc) is 3.31. The highest BCUT2D eigenvalue weighted by Crippen LogP contribution is 2.36. The van der Waals surface area contributed by atoms with E-state index in [-0.39, 0.29) is 4.90 Å². The van der Waals surface area contributed by atoms with Gasteiger partial charge in [0.2, 0.25) is 0 Å². The second kappa shape index (κ2) is 14.7. The van der Waals surface area contributed by atoms with Crippen LogP contribution < -0.4 is 0 Å². The van der Waals surface area contributed by atoms with E-state index in [9.17, 15) is 51.6 Å². The van der Waals surface area contributed by atoms with Crippen LogP contribution in [0.4, 0.5) is 26.3 Å². The summed E-state index contributed by atoms with van der Waals surface area (Å²) < 4.78 is 139. The summed E-state index contributed by atoms with van der Waals surface area (Å²) >= 11 is 0. The van der Waals surface area contributed by atoms with E-state index in [1.54, 1.807) is 12.1 Å². The lowest BCUT2D eigenvalue weighted by molar-refractivity contribution is -0.0444. The van der Waals surface area contributed by atoms with Crippen LogP contribution in [-0.2, 0) is 30.2 Å². The first-order chi connectivity index (χ1) is 17.9. The molecule has 1 aromatic carbocycles. The molecule has 0 saturated carbocycles. The van der Waals surface area contributed by atoms with Gasteiger partial charge in [0.05, 0.1) is 11.6 Å². The molecule has 0 aliphatic carbocycles. The molecule has 1 heterocycles. The second-order valence-corrected chi connectivity index (χ2v) is 13.2. The summed E-state index contributed by atoms with van der Waals surface area (Å²) in [6.45, 7) is 13.0. The molecule has 40 heavy (non-hydrogen) atoms. The Labute approximate surface area is 230 Å². The number of benzene rings is 1. The zero-order valence-corrected chi connectivity index (χ0v) is 24.6. The maximum atomic E-state index is 11.4. The van der Waals surface area contributed by atoms with Gasteiger partial charge < -0.3 is 13.9 Å². The van der Waals surface area contributed by atoms with E-state index in [1.807, 2.05) is 0 Å². The molecular formula is C21H32F6N3O7S3-. The minimum Gasteiger partial charge on any atom is -0.421 e. The standard InChI is InChI=1S/C10H14O3S.C9H18N2.C2F6NO4S2/c1-3-8(2)9-4-6-10(7-5-9)14(11,12)13;1-4-9(3)11-7-6-10(5-2)8-11;3-1(4,5)14(10,11)9-15(12,13)2(6,7)8/h4-8H,3H2,1-2H3,(H,11,12,13);6-7,9H,4-5,8H2,1-3H3;/q;;-1. The van der Waals surface area contributed by atoms with Crippen LogP contribution in [0.5, 0.6) is 0 Å². The molecule has 1 aliphatic heterocycles. The van der Waals surface area contributed by atoms with Gasteiger partial charge in [-0.15, -0.1) is 0 Å². The van der Waals surface area contributed by atoms with Crippen molar-refractivity contribution in [3.05, 3.63) is 46.4 Å². The molecule has 1 N–H and O–H groups in total. The third-order valence-corrected chi connectivity index (χ3v) is 9.13. The Kier molecular flexibility index (Phi) is 13.9. The van der Waals surface area contributed by atoms with Crippen molar-refractivity contribution in [2.75, 3.05) is 13.2 Å². The molecule has 2 unspecified atom stereocenters. The molecule has 0 saturated heterocycles. The van der Waals surface area contributed by atoms with Crippen molar-refractivity contribution >= 4 is 30.2 Å². The average molecular weight is 649 g/mol. The maximum Gasteiger partial charge on any atom is 0.480 e. The Morgan fingerprint density at radius 3 is 1.57 bits per heavy atom. The van der Waals surface area contributed by atoms with Crippen LogP contribution in [0.3, 0.4) is 0 Å². The fourth-order valence-electron chi connectivity index (χ4n) is 2.63. The van der Waals surface area contributed by atoms with Gasteiger partial charge in [-0.3, -0.25) is 4.55 Å². The molecule has 0 fully saturated rings. The van der Waals surface area contributed by atoms with Crippen LogP contribution in [0.2, 0.25) is 0 Å². The minimum absolute atomic E-state index is 0.0513. The van der Waals surface area contributed by atoms with Crippen molar-refractivity contribution in [3.63, 3.8) is 0 Å². The van der Waals surface area contributed by atoms with Crippen LogP contribution in [0, 0.1) is 0 Å². The summed E-state index contributed by atoms with van der Waals surface area (Å²) in [5, 5.41) is 0. The van der Waals surface area contributed by atoms with E-state index >= 15 is 0 Å². The van der Waals surface area contributed by atoms with Crippen molar-refractivity contribution in [3.8, 4) is 0 Å². The molecule has 2 atom stereocenters. The van der Waals surface area contributed by atoms with Gasteiger partial charge in [-0.1, -0.05) is 32.9 Å². The van der Waals surface area contributed by atoms with E-state index in [4.69, 9.17) is 4.55 Å². The van der Waals surface area contributed by atoms with E-state index in [0.717, 1.165) is 29.3 Å². The second-order valence-electron chi connectivity index (χ2n) is 8.39. The summed E-state index contributed by atoms with van der Waals surface area (Å²) in [4.78, 5) is 4.64. The van der Waals surface area contributed by atoms with Crippen LogP contribution in [0.15, 0.2) is 41.6 Å². The van der Waals surface area contributed by atoms with Gasteiger partial charge in [-0.05, 0) is 50.3 Å². The highest BCUT2D eigenvalue weighted by molar-refractivity contribution is 8.13. The molecule has 0 amide bonds. The predicted molar refractivity (Wildman–Crippen MR) is 136 cm³/mol. The topological polar surface area (TPSA) is 143 Å². The number of alkyl halides is 6. The number of hydrogen-bond donors (Lipinski definition) is 1. The number of nitrogens with zero attached hydrogens (tertiary/aromatic N) is 3. The van der Waals surface area contributed by atoms with Crippen LogP contribution in [0.25, 0.3) is 4.13 Å². The van der Waals surface area contributed by atoms with E-state index in [1.165, 1.54) is 18.6 Å². The molecule has 0 aromatic heterocycles. The number of rotatable bonds is 8. The summed E-state index contributed by atoms with van der Waals surface area (Å²) in [5.41, 5.74) is -11.3. The Balaban J connectivity index is 0.000000576. The minimum atomic E-state index is -6.72. The molecule has 0 spiro atoms.